The minimum atomic E-state index is -0.961. The summed E-state index contributed by atoms with van der Waals surface area (Å²) in [7, 11) is 3.93. The molecule has 2 N–H and O–H groups in total. The average molecular weight is 432 g/mol. The molecule has 164 valence electrons. The van der Waals surface area contributed by atoms with Crippen LogP contribution in [0.1, 0.15) is 50.7 Å². The Hall–Kier alpha value is -3.52. The summed E-state index contributed by atoms with van der Waals surface area (Å²) in [6.07, 6.45) is 1.16. The van der Waals surface area contributed by atoms with Crippen molar-refractivity contribution in [3.05, 3.63) is 64.7 Å². The summed E-state index contributed by atoms with van der Waals surface area (Å²) < 4.78 is 0. The number of amides is 4. The number of hydrogen-bond donors (Lipinski definition) is 2. The molecule has 0 aromatic heterocycles. The summed E-state index contributed by atoms with van der Waals surface area (Å²) in [4.78, 5) is 53.0. The molecule has 3 aliphatic rings. The minimum absolute atomic E-state index is 0.0766. The van der Waals surface area contributed by atoms with Gasteiger partial charge in [0, 0.05) is 25.2 Å². The van der Waals surface area contributed by atoms with Crippen molar-refractivity contribution in [2.75, 3.05) is 19.0 Å². The van der Waals surface area contributed by atoms with E-state index in [2.05, 4.69) is 27.7 Å². The van der Waals surface area contributed by atoms with Crippen molar-refractivity contribution in [1.29, 1.82) is 0 Å². The number of carbonyl (C=O) groups excluding carboxylic acids is 4. The van der Waals surface area contributed by atoms with Crippen molar-refractivity contribution in [2.24, 2.45) is 0 Å². The van der Waals surface area contributed by atoms with Crippen LogP contribution in [-0.2, 0) is 16.0 Å². The largest absolute Gasteiger partial charge is 0.366 e. The number of imide groups is 2. The fourth-order valence-corrected chi connectivity index (χ4v) is 5.15. The van der Waals surface area contributed by atoms with E-state index in [0.29, 0.717) is 0 Å². The number of piperidine rings is 1. The number of anilines is 1. The normalized spacial score (nSPS) is 24.4. The van der Waals surface area contributed by atoms with Gasteiger partial charge in [0.25, 0.3) is 11.8 Å². The van der Waals surface area contributed by atoms with Gasteiger partial charge in [-0.25, -0.2) is 0 Å². The molecule has 1 unspecified atom stereocenters. The summed E-state index contributed by atoms with van der Waals surface area (Å²) >= 11 is 0. The van der Waals surface area contributed by atoms with Gasteiger partial charge in [-0.05, 0) is 49.2 Å². The monoisotopic (exact) mass is 432 g/mol. The predicted molar refractivity (Wildman–Crippen MR) is 117 cm³/mol. The zero-order valence-electron chi connectivity index (χ0n) is 17.9. The molecule has 1 saturated heterocycles. The van der Waals surface area contributed by atoms with E-state index >= 15 is 0 Å². The lowest BCUT2D eigenvalue weighted by Gasteiger charge is -2.32. The Morgan fingerprint density at radius 3 is 2.53 bits per heavy atom. The Labute approximate surface area is 185 Å². The second-order valence-corrected chi connectivity index (χ2v) is 8.53. The van der Waals surface area contributed by atoms with Gasteiger partial charge in [-0.2, -0.15) is 0 Å². The Balaban J connectivity index is 1.46. The summed E-state index contributed by atoms with van der Waals surface area (Å²) in [6, 6.07) is 12.9. The smallest absolute Gasteiger partial charge is 0.262 e. The highest BCUT2D eigenvalue weighted by atomic mass is 16.2. The Morgan fingerprint density at radius 2 is 1.78 bits per heavy atom. The first-order valence-electron chi connectivity index (χ1n) is 10.7. The maximum absolute atomic E-state index is 13.2. The highest BCUT2D eigenvalue weighted by Crippen LogP contribution is 2.39. The van der Waals surface area contributed by atoms with Crippen LogP contribution in [0.3, 0.4) is 0 Å². The van der Waals surface area contributed by atoms with Gasteiger partial charge in [-0.1, -0.05) is 24.3 Å². The van der Waals surface area contributed by atoms with Crippen molar-refractivity contribution < 1.29 is 19.2 Å². The molecule has 2 aliphatic heterocycles. The molecule has 2 heterocycles. The van der Waals surface area contributed by atoms with Gasteiger partial charge in [0.05, 0.1) is 17.2 Å². The fourth-order valence-electron chi connectivity index (χ4n) is 5.15. The van der Waals surface area contributed by atoms with Gasteiger partial charge >= 0.3 is 0 Å². The molecular weight excluding hydrogens is 408 g/mol. The summed E-state index contributed by atoms with van der Waals surface area (Å²) in [5.41, 5.74) is 3.92. The molecule has 3 atom stereocenters. The Kier molecular flexibility index (Phi) is 4.82. The van der Waals surface area contributed by atoms with Crippen LogP contribution in [-0.4, -0.2) is 54.7 Å². The molecule has 2 aromatic rings. The summed E-state index contributed by atoms with van der Waals surface area (Å²) in [6.45, 7) is 0. The quantitative estimate of drug-likeness (QED) is 0.709. The third kappa shape index (κ3) is 3.02. The number of nitrogens with one attached hydrogen (secondary N) is 2. The molecule has 5 rings (SSSR count). The van der Waals surface area contributed by atoms with Gasteiger partial charge in [-0.3, -0.25) is 29.4 Å². The van der Waals surface area contributed by atoms with E-state index in [1.807, 2.05) is 32.3 Å². The molecule has 1 aliphatic carbocycles. The fraction of sp³-hybridized carbons (Fsp3) is 0.333. The van der Waals surface area contributed by atoms with Crippen molar-refractivity contribution in [1.82, 2.24) is 15.5 Å². The number of benzene rings is 2. The minimum Gasteiger partial charge on any atom is -0.366 e. The van der Waals surface area contributed by atoms with Gasteiger partial charge in [0.1, 0.15) is 6.04 Å². The lowest BCUT2D eigenvalue weighted by Crippen LogP contribution is -2.54. The predicted octanol–water partition coefficient (Wildman–Crippen LogP) is 1.41. The number of likely N-dealkylation sites (N-methyl/N-ethyl adjacent to an activating group) is 2. The van der Waals surface area contributed by atoms with Crippen molar-refractivity contribution in [3.8, 4) is 0 Å². The number of hydrogen-bond acceptors (Lipinski definition) is 6. The Morgan fingerprint density at radius 1 is 1.03 bits per heavy atom. The topological polar surface area (TPSA) is 98.8 Å². The molecule has 0 spiro atoms. The van der Waals surface area contributed by atoms with Crippen molar-refractivity contribution in [2.45, 2.75) is 37.4 Å². The van der Waals surface area contributed by atoms with Gasteiger partial charge in [0.2, 0.25) is 11.8 Å². The third-order valence-corrected chi connectivity index (χ3v) is 6.81. The summed E-state index contributed by atoms with van der Waals surface area (Å²) in [5.74, 6) is -1.98. The van der Waals surface area contributed by atoms with Crippen LogP contribution in [0.5, 0.6) is 0 Å². The first-order valence-corrected chi connectivity index (χ1v) is 10.7. The zero-order chi connectivity index (χ0) is 22.6. The van der Waals surface area contributed by atoms with E-state index in [0.717, 1.165) is 17.0 Å². The molecule has 4 amide bonds. The van der Waals surface area contributed by atoms with E-state index in [-0.39, 0.29) is 42.0 Å². The van der Waals surface area contributed by atoms with E-state index in [9.17, 15) is 19.2 Å². The number of nitrogens with zero attached hydrogens (tertiary/aromatic N) is 2. The molecular formula is C24H24N4O4. The van der Waals surface area contributed by atoms with Crippen LogP contribution >= 0.6 is 0 Å². The SMILES string of the molecule is CN[C@H]1Cc2ccccc2[C@@H]1N(C)c1ccc2c(c1)C(=O)N(C1CCC(=O)NC1=O)C2=O. The second-order valence-electron chi connectivity index (χ2n) is 8.53. The van der Waals surface area contributed by atoms with E-state index in [1.165, 1.54) is 11.1 Å². The molecule has 8 heteroatoms. The first kappa shape index (κ1) is 20.4. The highest BCUT2D eigenvalue weighted by molar-refractivity contribution is 6.23. The molecule has 0 bridgehead atoms. The van der Waals surface area contributed by atoms with Gasteiger partial charge in [0.15, 0.2) is 0 Å². The molecule has 2 aromatic carbocycles. The van der Waals surface area contributed by atoms with Gasteiger partial charge in [-0.15, -0.1) is 0 Å². The number of fused-ring (bicyclic) bond motifs is 2. The Bertz CT molecular complexity index is 1160. The lowest BCUT2D eigenvalue weighted by molar-refractivity contribution is -0.136. The van der Waals surface area contributed by atoms with Crippen LogP contribution in [0, 0.1) is 0 Å². The van der Waals surface area contributed by atoms with E-state index < -0.39 is 23.8 Å². The van der Waals surface area contributed by atoms with Crippen LogP contribution in [0.2, 0.25) is 0 Å². The van der Waals surface area contributed by atoms with Gasteiger partial charge < -0.3 is 10.2 Å². The number of rotatable bonds is 4. The second kappa shape index (κ2) is 7.56. The lowest BCUT2D eigenvalue weighted by atomic mass is 10.0. The van der Waals surface area contributed by atoms with Crippen LogP contribution in [0.15, 0.2) is 42.5 Å². The number of carbonyl (C=O) groups is 4. The maximum atomic E-state index is 13.2. The van der Waals surface area contributed by atoms with E-state index in [4.69, 9.17) is 0 Å². The standard InChI is InChI=1S/C24H24N4O4/c1-25-18-11-13-5-3-4-6-15(13)21(18)27(2)14-7-8-16-17(12-14)24(32)28(23(16)31)19-9-10-20(29)26-22(19)30/h3-8,12,18-19,21,25H,9-11H2,1-2H3,(H,26,29,30)/t18-,19?,21-/m0/s1. The molecule has 32 heavy (non-hydrogen) atoms. The van der Waals surface area contributed by atoms with Crippen LogP contribution in [0.4, 0.5) is 5.69 Å². The molecule has 0 saturated carbocycles. The first-order chi connectivity index (χ1) is 15.4. The summed E-state index contributed by atoms with van der Waals surface area (Å²) in [5, 5.41) is 5.62. The van der Waals surface area contributed by atoms with Crippen molar-refractivity contribution in [3.63, 3.8) is 0 Å². The maximum Gasteiger partial charge on any atom is 0.262 e. The zero-order valence-corrected chi connectivity index (χ0v) is 17.9. The molecule has 0 radical (unpaired) electrons. The molecule has 8 nitrogen and oxygen atoms in total. The highest BCUT2D eigenvalue weighted by Gasteiger charge is 2.45. The molecule has 1 fully saturated rings. The van der Waals surface area contributed by atoms with E-state index in [1.54, 1.807) is 12.1 Å². The third-order valence-electron chi connectivity index (χ3n) is 6.81. The van der Waals surface area contributed by atoms with Crippen molar-refractivity contribution >= 4 is 29.3 Å². The average Bonchev–Trinajstić information content (AvgIpc) is 3.28. The van der Waals surface area contributed by atoms with Crippen LogP contribution < -0.4 is 15.5 Å². The van der Waals surface area contributed by atoms with Crippen LogP contribution in [0.25, 0.3) is 0 Å².